The molecule has 3 aliphatic heterocycles. The molecule has 4 N–H and O–H groups in total. The lowest BCUT2D eigenvalue weighted by Crippen LogP contribution is -2.62. The largest absolute Gasteiger partial charge is 0.492 e. The number of rotatable bonds is 22. The number of anilines is 2. The van der Waals surface area contributed by atoms with Crippen LogP contribution in [0.25, 0.3) is 5.57 Å². The first-order valence-corrected chi connectivity index (χ1v) is 23.8. The van der Waals surface area contributed by atoms with E-state index in [0.29, 0.717) is 94.6 Å². The fourth-order valence-corrected chi connectivity index (χ4v) is 9.15. The summed E-state index contributed by atoms with van der Waals surface area (Å²) in [4.78, 5) is 38.0. The number of carbonyl (C=O) groups is 2. The summed E-state index contributed by atoms with van der Waals surface area (Å²) in [5.41, 5.74) is 3.57. The quantitative estimate of drug-likeness (QED) is 0.0440. The van der Waals surface area contributed by atoms with Crippen molar-refractivity contribution >= 4 is 35.1 Å². The molecule has 352 valence electrons. The van der Waals surface area contributed by atoms with Gasteiger partial charge in [-0.25, -0.2) is 13.8 Å². The Bertz CT molecular complexity index is 2240. The van der Waals surface area contributed by atoms with Crippen LogP contribution >= 0.6 is 0 Å². The van der Waals surface area contributed by atoms with Gasteiger partial charge in [-0.2, -0.15) is 5.26 Å². The lowest BCUT2D eigenvalue weighted by molar-refractivity contribution is -0.133. The molecule has 2 fully saturated rings. The molecule has 6 rings (SSSR count). The van der Waals surface area contributed by atoms with Crippen LogP contribution in [-0.2, 0) is 9.53 Å². The van der Waals surface area contributed by atoms with E-state index in [1.165, 1.54) is 30.5 Å². The first-order chi connectivity index (χ1) is 32.0. The van der Waals surface area contributed by atoms with Crippen molar-refractivity contribution in [2.24, 2.45) is 0 Å². The number of carbonyl (C=O) groups excluding carboxylic acids is 2. The molecule has 3 aromatic rings. The van der Waals surface area contributed by atoms with Crippen LogP contribution in [0, 0.1) is 28.4 Å². The molecule has 2 aromatic carbocycles. The second kappa shape index (κ2) is 24.5. The van der Waals surface area contributed by atoms with Crippen LogP contribution in [0.4, 0.5) is 20.3 Å². The standard InChI is InChI=1S/C52H67F2N9O3/c1-4-12-38(3)39-14-18-43(19-15-39)57-24-11-9-7-6-8-10-13-49(64)63-29-27-61(28-30-63)37-52(60-51(65)46-31-42(53)17-20-47(46)54)22-25-62(26-23-52)48-21-16-40(35-58-48)45-32-44(66-5-2)36-59-50(45)41(33-55)34-56/h14-21,31-33,35-36,38,55,57,59H,4-13,22-30,37H2,1-3H3,(H,60,65)/b50-41+,55-33?. The Kier molecular flexibility index (Phi) is 18.3. The van der Waals surface area contributed by atoms with E-state index < -0.39 is 23.1 Å². The normalized spacial score (nSPS) is 17.4. The minimum Gasteiger partial charge on any atom is -0.492 e. The third kappa shape index (κ3) is 13.5. The van der Waals surface area contributed by atoms with Gasteiger partial charge in [0.05, 0.1) is 29.0 Å². The van der Waals surface area contributed by atoms with E-state index in [2.05, 4.69) is 69.9 Å². The summed E-state index contributed by atoms with van der Waals surface area (Å²) in [7, 11) is 0. The lowest BCUT2D eigenvalue weighted by atomic mass is 9.86. The molecule has 2 amide bonds. The minimum absolute atomic E-state index is 0.170. The number of piperidine rings is 1. The van der Waals surface area contributed by atoms with E-state index in [0.717, 1.165) is 74.4 Å². The summed E-state index contributed by atoms with van der Waals surface area (Å²) in [5.74, 6) is -0.0333. The molecule has 66 heavy (non-hydrogen) atoms. The Balaban J connectivity index is 0.978. The Labute approximate surface area is 389 Å². The van der Waals surface area contributed by atoms with Gasteiger partial charge in [0, 0.05) is 94.2 Å². The third-order valence-electron chi connectivity index (χ3n) is 13.0. The van der Waals surface area contributed by atoms with Crippen molar-refractivity contribution in [3.05, 3.63) is 118 Å². The highest BCUT2D eigenvalue weighted by Crippen LogP contribution is 2.32. The zero-order valence-corrected chi connectivity index (χ0v) is 38.9. The Morgan fingerprint density at radius 3 is 2.36 bits per heavy atom. The molecule has 0 saturated carbocycles. The minimum atomic E-state index is -0.785. The van der Waals surface area contributed by atoms with Crippen molar-refractivity contribution < 1.29 is 23.1 Å². The Morgan fingerprint density at radius 1 is 0.970 bits per heavy atom. The fraction of sp³-hybridized carbons (Fsp3) is 0.481. The number of dihydropyridines is 1. The predicted molar refractivity (Wildman–Crippen MR) is 258 cm³/mol. The van der Waals surface area contributed by atoms with Gasteiger partial charge >= 0.3 is 0 Å². The second-order valence-corrected chi connectivity index (χ2v) is 17.7. The van der Waals surface area contributed by atoms with Crippen molar-refractivity contribution in [3.8, 4) is 6.07 Å². The smallest absolute Gasteiger partial charge is 0.254 e. The molecular formula is C52H67F2N9O3. The number of nitrogens with zero attached hydrogens (tertiary/aromatic N) is 5. The van der Waals surface area contributed by atoms with E-state index >= 15 is 0 Å². The summed E-state index contributed by atoms with van der Waals surface area (Å²) < 4.78 is 34.8. The zero-order chi connectivity index (χ0) is 46.9. The highest BCUT2D eigenvalue weighted by molar-refractivity contribution is 5.95. The average Bonchev–Trinajstić information content (AvgIpc) is 3.33. The maximum absolute atomic E-state index is 14.8. The topological polar surface area (TPSA) is 150 Å². The first kappa shape index (κ1) is 49.4. The van der Waals surface area contributed by atoms with Crippen LogP contribution in [0.15, 0.2) is 90.1 Å². The number of amides is 2. The van der Waals surface area contributed by atoms with Gasteiger partial charge in [0.15, 0.2) is 0 Å². The monoisotopic (exact) mass is 904 g/mol. The number of benzene rings is 2. The molecule has 2 saturated heterocycles. The molecule has 0 bridgehead atoms. The predicted octanol–water partition coefficient (Wildman–Crippen LogP) is 9.31. The van der Waals surface area contributed by atoms with Gasteiger partial charge in [0.2, 0.25) is 5.91 Å². The van der Waals surface area contributed by atoms with Gasteiger partial charge in [-0.05, 0) is 99.0 Å². The van der Waals surface area contributed by atoms with Crippen LogP contribution in [0.5, 0.6) is 0 Å². The summed E-state index contributed by atoms with van der Waals surface area (Å²) >= 11 is 0. The summed E-state index contributed by atoms with van der Waals surface area (Å²) in [6.45, 7) is 11.9. The van der Waals surface area contributed by atoms with Crippen molar-refractivity contribution in [2.75, 3.05) is 69.2 Å². The molecule has 4 heterocycles. The van der Waals surface area contributed by atoms with Gasteiger partial charge in [0.1, 0.15) is 29.3 Å². The van der Waals surface area contributed by atoms with Gasteiger partial charge in [-0.1, -0.05) is 58.1 Å². The molecule has 14 heteroatoms. The van der Waals surface area contributed by atoms with Crippen LogP contribution in [-0.4, -0.2) is 97.3 Å². The molecule has 1 unspecified atom stereocenters. The molecular weight excluding hydrogens is 837 g/mol. The first-order valence-electron chi connectivity index (χ1n) is 23.8. The van der Waals surface area contributed by atoms with Gasteiger partial charge in [0.25, 0.3) is 5.91 Å². The third-order valence-corrected chi connectivity index (χ3v) is 13.0. The molecule has 12 nitrogen and oxygen atoms in total. The molecule has 0 spiro atoms. The van der Waals surface area contributed by atoms with Crippen molar-refractivity contribution in [1.29, 1.82) is 10.7 Å². The Hall–Kier alpha value is -6.07. The highest BCUT2D eigenvalue weighted by Gasteiger charge is 2.39. The Morgan fingerprint density at radius 2 is 1.70 bits per heavy atom. The summed E-state index contributed by atoms with van der Waals surface area (Å²) in [5, 5.41) is 27.2. The van der Waals surface area contributed by atoms with Crippen LogP contribution in [0.3, 0.4) is 0 Å². The zero-order valence-electron chi connectivity index (χ0n) is 38.9. The van der Waals surface area contributed by atoms with E-state index in [4.69, 9.17) is 15.1 Å². The maximum atomic E-state index is 14.8. The number of piperazine rings is 1. The summed E-state index contributed by atoms with van der Waals surface area (Å²) in [6, 6.07) is 17.7. The molecule has 1 aromatic heterocycles. The van der Waals surface area contributed by atoms with E-state index in [1.54, 1.807) is 12.4 Å². The van der Waals surface area contributed by atoms with Crippen molar-refractivity contribution in [2.45, 2.75) is 103 Å². The van der Waals surface area contributed by atoms with Gasteiger partial charge in [-0.3, -0.25) is 14.5 Å². The number of allylic oxidation sites excluding steroid dienone is 3. The van der Waals surface area contributed by atoms with Crippen LogP contribution in [0.1, 0.15) is 119 Å². The van der Waals surface area contributed by atoms with Gasteiger partial charge in [-0.15, -0.1) is 0 Å². The van der Waals surface area contributed by atoms with Crippen molar-refractivity contribution in [3.63, 3.8) is 0 Å². The number of aromatic nitrogens is 1. The lowest BCUT2D eigenvalue weighted by Gasteiger charge is -2.46. The number of unbranched alkanes of at least 4 members (excludes halogenated alkanes) is 5. The second-order valence-electron chi connectivity index (χ2n) is 17.7. The summed E-state index contributed by atoms with van der Waals surface area (Å²) in [6.07, 6.45) is 16.7. The number of pyridine rings is 1. The van der Waals surface area contributed by atoms with Crippen molar-refractivity contribution in [1.82, 2.24) is 25.4 Å². The van der Waals surface area contributed by atoms with E-state index in [1.807, 2.05) is 30.0 Å². The molecule has 0 radical (unpaired) electrons. The van der Waals surface area contributed by atoms with E-state index in [-0.39, 0.29) is 17.0 Å². The number of hydrogen-bond acceptors (Lipinski definition) is 10. The highest BCUT2D eigenvalue weighted by atomic mass is 19.1. The number of ether oxygens (including phenoxy) is 1. The van der Waals surface area contributed by atoms with Crippen LogP contribution < -0.4 is 20.9 Å². The average molecular weight is 904 g/mol. The van der Waals surface area contributed by atoms with Gasteiger partial charge < -0.3 is 35.9 Å². The van der Waals surface area contributed by atoms with E-state index in [9.17, 15) is 23.6 Å². The number of nitriles is 1. The molecule has 0 aliphatic carbocycles. The molecule has 1 atom stereocenters. The van der Waals surface area contributed by atoms with Crippen LogP contribution in [0.2, 0.25) is 0 Å². The number of halogens is 2. The molecule has 3 aliphatic rings. The SMILES string of the molecule is CCCC(C)c1ccc(NCCCCCCCCC(=O)N2CCN(CC3(NC(=O)c4cc(F)ccc4F)CCN(c4ccc(C5=CC(OCC)=CN/C5=C(/C#N)C=N)cn4)CC3)CC2)cc1. The number of nitrogens with one attached hydrogen (secondary N) is 4. The fourth-order valence-electron chi connectivity index (χ4n) is 9.15. The number of hydrogen-bond donors (Lipinski definition) is 4. The maximum Gasteiger partial charge on any atom is 0.254 e.